The number of ether oxygens (including phenoxy) is 2. The topological polar surface area (TPSA) is 98.8 Å². The number of carbonyl (C=O) groups is 2. The van der Waals surface area contributed by atoms with Gasteiger partial charge in [-0.2, -0.15) is 4.39 Å². The van der Waals surface area contributed by atoms with Crippen molar-refractivity contribution >= 4 is 38.8 Å². The number of hydrogen-bond acceptors (Lipinski definition) is 6. The van der Waals surface area contributed by atoms with Crippen molar-refractivity contribution in [1.29, 1.82) is 0 Å². The van der Waals surface area contributed by atoms with Crippen LogP contribution in [0.1, 0.15) is 26.3 Å². The normalized spacial score (nSPS) is 15.9. The standard InChI is InChI=1S/C21H22FNO6S/c1-21(2,3)29-12-17(19(22)24)23-20(25)28-11-14-10-16-15-7-5-4-6-13(15)8-9-18(16)30(14,26)27/h4-10,17H,11-12H2,1-3H3,(H,23,25)/t17-/m0/s1. The van der Waals surface area contributed by atoms with Gasteiger partial charge in [0.1, 0.15) is 12.6 Å². The molecular formula is C21H22FNO6S. The zero-order chi connectivity index (χ0) is 22.1. The van der Waals surface area contributed by atoms with Crippen molar-refractivity contribution in [3.05, 3.63) is 46.9 Å². The molecule has 0 aromatic heterocycles. The molecule has 2 aromatic carbocycles. The number of nitrogens with one attached hydrogen (secondary N) is 1. The van der Waals surface area contributed by atoms with Crippen molar-refractivity contribution in [3.63, 3.8) is 0 Å². The molecule has 1 amide bonds. The van der Waals surface area contributed by atoms with E-state index in [0.29, 0.717) is 5.56 Å². The fourth-order valence-electron chi connectivity index (χ4n) is 2.98. The molecule has 1 N–H and O–H groups in total. The highest BCUT2D eigenvalue weighted by Crippen LogP contribution is 2.37. The molecule has 0 radical (unpaired) electrons. The van der Waals surface area contributed by atoms with Crippen LogP contribution in [0, 0.1) is 0 Å². The molecule has 1 heterocycles. The number of sulfone groups is 1. The van der Waals surface area contributed by atoms with Crippen molar-refractivity contribution in [2.24, 2.45) is 0 Å². The lowest BCUT2D eigenvalue weighted by molar-refractivity contribution is -0.134. The molecule has 0 unspecified atom stereocenters. The van der Waals surface area contributed by atoms with Crippen LogP contribution in [0.3, 0.4) is 0 Å². The monoisotopic (exact) mass is 435 g/mol. The van der Waals surface area contributed by atoms with Gasteiger partial charge in [-0.05, 0) is 43.7 Å². The van der Waals surface area contributed by atoms with E-state index >= 15 is 0 Å². The van der Waals surface area contributed by atoms with Crippen molar-refractivity contribution < 1.29 is 31.9 Å². The number of hydrogen-bond donors (Lipinski definition) is 1. The summed E-state index contributed by atoms with van der Waals surface area (Å²) in [5.41, 5.74) is -0.112. The maximum Gasteiger partial charge on any atom is 0.408 e. The van der Waals surface area contributed by atoms with Crippen LogP contribution in [0.2, 0.25) is 0 Å². The second kappa shape index (κ2) is 8.16. The second-order valence-corrected chi connectivity index (χ2v) is 9.78. The van der Waals surface area contributed by atoms with E-state index in [1.165, 1.54) is 12.1 Å². The van der Waals surface area contributed by atoms with Crippen LogP contribution in [-0.4, -0.2) is 45.4 Å². The Hall–Kier alpha value is -2.78. The van der Waals surface area contributed by atoms with Crippen LogP contribution in [0.15, 0.2) is 46.2 Å². The van der Waals surface area contributed by atoms with Crippen molar-refractivity contribution in [1.82, 2.24) is 5.32 Å². The minimum Gasteiger partial charge on any atom is -0.444 e. The zero-order valence-electron chi connectivity index (χ0n) is 16.8. The minimum atomic E-state index is -3.82. The largest absolute Gasteiger partial charge is 0.444 e. The first-order valence-electron chi connectivity index (χ1n) is 9.23. The van der Waals surface area contributed by atoms with Gasteiger partial charge in [-0.1, -0.05) is 30.3 Å². The van der Waals surface area contributed by atoms with E-state index in [-0.39, 0.29) is 16.4 Å². The maximum atomic E-state index is 13.2. The first-order chi connectivity index (χ1) is 14.0. The quantitative estimate of drug-likeness (QED) is 0.699. The number of alkyl carbamates (subject to hydrolysis) is 1. The van der Waals surface area contributed by atoms with Crippen molar-refractivity contribution in [2.75, 3.05) is 13.2 Å². The van der Waals surface area contributed by atoms with Crippen molar-refractivity contribution in [2.45, 2.75) is 37.3 Å². The molecule has 0 fully saturated rings. The fraction of sp³-hybridized carbons (Fsp3) is 0.333. The summed E-state index contributed by atoms with van der Waals surface area (Å²) in [6.07, 6.45) is 0.335. The first-order valence-corrected chi connectivity index (χ1v) is 10.7. The van der Waals surface area contributed by atoms with Crippen LogP contribution < -0.4 is 5.32 Å². The lowest BCUT2D eigenvalue weighted by atomic mass is 10.0. The van der Waals surface area contributed by atoms with Gasteiger partial charge in [0.2, 0.25) is 9.84 Å². The Labute approximate surface area is 173 Å². The molecule has 0 aliphatic carbocycles. The molecule has 1 aliphatic rings. The van der Waals surface area contributed by atoms with Crippen LogP contribution in [0.4, 0.5) is 9.18 Å². The summed E-state index contributed by atoms with van der Waals surface area (Å²) in [6.45, 7) is 4.20. The predicted molar refractivity (Wildman–Crippen MR) is 109 cm³/mol. The zero-order valence-corrected chi connectivity index (χ0v) is 17.6. The number of benzene rings is 2. The van der Waals surface area contributed by atoms with Crippen LogP contribution in [0.5, 0.6) is 0 Å². The maximum absolute atomic E-state index is 13.2. The summed E-state index contributed by atoms with van der Waals surface area (Å²) in [5, 5.41) is 3.70. The Balaban J connectivity index is 1.71. The van der Waals surface area contributed by atoms with Gasteiger partial charge in [0, 0.05) is 5.56 Å². The smallest absolute Gasteiger partial charge is 0.408 e. The van der Waals surface area contributed by atoms with Crippen LogP contribution >= 0.6 is 0 Å². The third-order valence-corrected chi connectivity index (χ3v) is 6.33. The molecule has 30 heavy (non-hydrogen) atoms. The molecule has 3 rings (SSSR count). The molecular weight excluding hydrogens is 413 g/mol. The number of halogens is 1. The van der Waals surface area contributed by atoms with E-state index in [4.69, 9.17) is 9.47 Å². The summed E-state index contributed by atoms with van der Waals surface area (Å²) in [7, 11) is -3.82. The van der Waals surface area contributed by atoms with E-state index in [0.717, 1.165) is 10.8 Å². The highest BCUT2D eigenvalue weighted by Gasteiger charge is 2.32. The van der Waals surface area contributed by atoms with Crippen LogP contribution in [0.25, 0.3) is 16.8 Å². The lowest BCUT2D eigenvalue weighted by Gasteiger charge is -2.22. The van der Waals surface area contributed by atoms with E-state index in [9.17, 15) is 22.4 Å². The molecule has 1 atom stereocenters. The van der Waals surface area contributed by atoms with Gasteiger partial charge in [0.05, 0.1) is 22.0 Å². The average Bonchev–Trinajstić information content (AvgIpc) is 2.93. The van der Waals surface area contributed by atoms with Gasteiger partial charge in [0.25, 0.3) is 0 Å². The number of amides is 1. The Morgan fingerprint density at radius 2 is 1.83 bits per heavy atom. The number of fused-ring (bicyclic) bond motifs is 3. The Morgan fingerprint density at radius 3 is 2.50 bits per heavy atom. The Kier molecular flexibility index (Phi) is 5.96. The molecule has 0 spiro atoms. The van der Waals surface area contributed by atoms with E-state index < -0.39 is 40.2 Å². The summed E-state index contributed by atoms with van der Waals surface area (Å²) in [6, 6.07) is 7.21. The molecule has 0 saturated carbocycles. The molecule has 7 nitrogen and oxygen atoms in total. The highest BCUT2D eigenvalue weighted by atomic mass is 32.2. The van der Waals surface area contributed by atoms with Gasteiger partial charge in [-0.25, -0.2) is 13.2 Å². The number of rotatable bonds is 6. The van der Waals surface area contributed by atoms with Gasteiger partial charge >= 0.3 is 12.1 Å². The van der Waals surface area contributed by atoms with Gasteiger partial charge < -0.3 is 14.8 Å². The van der Waals surface area contributed by atoms with Crippen LogP contribution in [-0.2, 0) is 24.1 Å². The van der Waals surface area contributed by atoms with E-state index in [1.807, 2.05) is 18.2 Å². The third kappa shape index (κ3) is 4.68. The van der Waals surface area contributed by atoms with Gasteiger partial charge in [-0.3, -0.25) is 4.79 Å². The Bertz CT molecular complexity index is 1130. The molecule has 2 aromatic rings. The SMILES string of the molecule is CC(C)(C)OC[C@H](NC(=O)OCC1=Cc2c(ccc3ccccc23)S1(=O)=O)C(=O)F. The average molecular weight is 435 g/mol. The summed E-state index contributed by atoms with van der Waals surface area (Å²) >= 11 is 0. The highest BCUT2D eigenvalue weighted by molar-refractivity contribution is 7.95. The first kappa shape index (κ1) is 21.9. The van der Waals surface area contributed by atoms with Gasteiger partial charge in [-0.15, -0.1) is 0 Å². The molecule has 160 valence electrons. The fourth-order valence-corrected chi connectivity index (χ4v) is 4.45. The van der Waals surface area contributed by atoms with E-state index in [1.54, 1.807) is 32.9 Å². The third-order valence-electron chi connectivity index (χ3n) is 4.47. The molecule has 0 saturated heterocycles. The summed E-state index contributed by atoms with van der Waals surface area (Å²) in [5.74, 6) is 0. The van der Waals surface area contributed by atoms with Gasteiger partial charge in [0.15, 0.2) is 0 Å². The summed E-state index contributed by atoms with van der Waals surface area (Å²) < 4.78 is 49.0. The number of carbonyl (C=O) groups excluding carboxylic acids is 2. The minimum absolute atomic E-state index is 0.0990. The molecule has 0 bridgehead atoms. The predicted octanol–water partition coefficient (Wildman–Crippen LogP) is 3.37. The second-order valence-electron chi connectivity index (χ2n) is 7.81. The molecule has 9 heteroatoms. The lowest BCUT2D eigenvalue weighted by Crippen LogP contribution is -2.44. The Morgan fingerprint density at radius 1 is 1.13 bits per heavy atom. The van der Waals surface area contributed by atoms with E-state index in [2.05, 4.69) is 5.32 Å². The summed E-state index contributed by atoms with van der Waals surface area (Å²) in [4.78, 5) is 23.2. The van der Waals surface area contributed by atoms with Crippen molar-refractivity contribution in [3.8, 4) is 0 Å². The molecule has 1 aliphatic heterocycles.